The Balaban J connectivity index is 1.80. The number of nitrogens with zero attached hydrogens (tertiary/aromatic N) is 3. The summed E-state index contributed by atoms with van der Waals surface area (Å²) in [6.07, 6.45) is 1.65. The summed E-state index contributed by atoms with van der Waals surface area (Å²) in [5, 5.41) is 8.27. The Kier molecular flexibility index (Phi) is 4.74. The summed E-state index contributed by atoms with van der Waals surface area (Å²) in [5.74, 6) is 0.447. The molecule has 24 heavy (non-hydrogen) atoms. The molecule has 0 bridgehead atoms. The Hall–Kier alpha value is -2.50. The number of hydrogen-bond acceptors (Lipinski definition) is 5. The highest BCUT2D eigenvalue weighted by Gasteiger charge is 2.29. The molecule has 0 amide bonds. The first kappa shape index (κ1) is 16.4. The first-order valence-corrected chi connectivity index (χ1v) is 8.01. The first-order valence-electron chi connectivity index (χ1n) is 8.01. The van der Waals surface area contributed by atoms with Crippen LogP contribution in [0.3, 0.4) is 0 Å². The molecule has 0 aliphatic carbocycles. The number of benzene rings is 1. The maximum Gasteiger partial charge on any atom is 0.171 e. The van der Waals surface area contributed by atoms with Crippen LogP contribution in [0, 0.1) is 18.7 Å². The molecule has 0 N–H and O–H groups in total. The van der Waals surface area contributed by atoms with E-state index in [1.54, 1.807) is 0 Å². The van der Waals surface area contributed by atoms with Crippen molar-refractivity contribution in [1.29, 1.82) is 0 Å². The second-order valence-electron chi connectivity index (χ2n) is 6.03. The second kappa shape index (κ2) is 6.95. The van der Waals surface area contributed by atoms with Crippen molar-refractivity contribution in [2.75, 3.05) is 25.1 Å². The van der Waals surface area contributed by atoms with Crippen molar-refractivity contribution in [2.24, 2.45) is 5.92 Å². The number of methoxy groups -OCH3 is 1. The highest BCUT2D eigenvalue weighted by molar-refractivity contribution is 6.00. The van der Waals surface area contributed by atoms with Gasteiger partial charge in [0.25, 0.3) is 0 Å². The average Bonchev–Trinajstić information content (AvgIpc) is 2.62. The number of ether oxygens (including phenoxy) is 1. The molecule has 1 aliphatic rings. The summed E-state index contributed by atoms with van der Waals surface area (Å²) in [6, 6.07) is 7.87. The van der Waals surface area contributed by atoms with E-state index in [0.29, 0.717) is 17.9 Å². The maximum absolute atomic E-state index is 13.6. The standard InChI is InChI=1S/C18H20FN3O2/c1-12-5-8-17(21-20-12)22-9-3-4-13(11-22)18(23)15-10-14(19)6-7-16(15)24-2/h5-8,10,13H,3-4,9,11H2,1-2H3. The molecule has 0 saturated carbocycles. The molecule has 0 spiro atoms. The topological polar surface area (TPSA) is 55.3 Å². The second-order valence-corrected chi connectivity index (χ2v) is 6.03. The van der Waals surface area contributed by atoms with E-state index in [1.807, 2.05) is 19.1 Å². The van der Waals surface area contributed by atoms with Crippen LogP contribution >= 0.6 is 0 Å². The highest BCUT2D eigenvalue weighted by Crippen LogP contribution is 2.28. The molecule has 2 aromatic rings. The number of aryl methyl sites for hydroxylation is 1. The number of aromatic nitrogens is 2. The molecule has 126 valence electrons. The van der Waals surface area contributed by atoms with Crippen LogP contribution in [-0.4, -0.2) is 36.2 Å². The zero-order chi connectivity index (χ0) is 17.1. The van der Waals surface area contributed by atoms with E-state index in [2.05, 4.69) is 15.1 Å². The Labute approximate surface area is 140 Å². The van der Waals surface area contributed by atoms with Crippen molar-refractivity contribution >= 4 is 11.6 Å². The smallest absolute Gasteiger partial charge is 0.171 e. The van der Waals surface area contributed by atoms with Crippen LogP contribution in [0.2, 0.25) is 0 Å². The molecule has 1 atom stereocenters. The lowest BCUT2D eigenvalue weighted by Gasteiger charge is -2.32. The minimum absolute atomic E-state index is 0.0869. The lowest BCUT2D eigenvalue weighted by atomic mass is 9.89. The number of ketones is 1. The molecular formula is C18H20FN3O2. The first-order chi connectivity index (χ1) is 11.6. The van der Waals surface area contributed by atoms with Crippen molar-refractivity contribution in [3.05, 3.63) is 47.4 Å². The molecule has 2 heterocycles. The number of rotatable bonds is 4. The summed E-state index contributed by atoms with van der Waals surface area (Å²) in [4.78, 5) is 14.9. The molecule has 1 saturated heterocycles. The number of carbonyl (C=O) groups excluding carboxylic acids is 1. The van der Waals surface area contributed by atoms with E-state index in [9.17, 15) is 9.18 Å². The van der Waals surface area contributed by atoms with E-state index in [4.69, 9.17) is 4.74 Å². The van der Waals surface area contributed by atoms with E-state index < -0.39 is 5.82 Å². The van der Waals surface area contributed by atoms with E-state index >= 15 is 0 Å². The van der Waals surface area contributed by atoms with Crippen molar-refractivity contribution in [3.8, 4) is 5.75 Å². The van der Waals surface area contributed by atoms with Gasteiger partial charge in [-0.15, -0.1) is 5.10 Å². The number of piperidine rings is 1. The van der Waals surface area contributed by atoms with E-state index in [0.717, 1.165) is 30.9 Å². The van der Waals surface area contributed by atoms with Gasteiger partial charge in [-0.1, -0.05) is 0 Å². The van der Waals surface area contributed by atoms with Gasteiger partial charge in [-0.2, -0.15) is 5.10 Å². The molecule has 0 radical (unpaired) electrons. The molecule has 3 rings (SSSR count). The fourth-order valence-corrected chi connectivity index (χ4v) is 3.05. The van der Waals surface area contributed by atoms with Gasteiger partial charge in [-0.05, 0) is 50.1 Å². The monoisotopic (exact) mass is 329 g/mol. The van der Waals surface area contributed by atoms with Crippen molar-refractivity contribution < 1.29 is 13.9 Å². The Morgan fingerprint density at radius 2 is 2.12 bits per heavy atom. The quantitative estimate of drug-likeness (QED) is 0.807. The van der Waals surface area contributed by atoms with Gasteiger partial charge in [-0.25, -0.2) is 4.39 Å². The Bertz CT molecular complexity index is 734. The SMILES string of the molecule is COc1ccc(F)cc1C(=O)C1CCCN(c2ccc(C)nn2)C1. The lowest BCUT2D eigenvalue weighted by Crippen LogP contribution is -2.39. The fraction of sp³-hybridized carbons (Fsp3) is 0.389. The molecule has 1 aromatic carbocycles. The third kappa shape index (κ3) is 3.37. The fourth-order valence-electron chi connectivity index (χ4n) is 3.05. The molecular weight excluding hydrogens is 309 g/mol. The predicted molar refractivity (Wildman–Crippen MR) is 89.0 cm³/mol. The van der Waals surface area contributed by atoms with Crippen LogP contribution in [0.25, 0.3) is 0 Å². The molecule has 1 aromatic heterocycles. The van der Waals surface area contributed by atoms with Gasteiger partial charge < -0.3 is 9.64 Å². The molecule has 5 nitrogen and oxygen atoms in total. The highest BCUT2D eigenvalue weighted by atomic mass is 19.1. The predicted octanol–water partition coefficient (Wildman–Crippen LogP) is 3.03. The average molecular weight is 329 g/mol. The number of Topliss-reactive ketones (excluding diaryl/α,β-unsaturated/α-hetero) is 1. The summed E-state index contributed by atoms with van der Waals surface area (Å²) >= 11 is 0. The van der Waals surface area contributed by atoms with Crippen LogP contribution < -0.4 is 9.64 Å². The zero-order valence-corrected chi connectivity index (χ0v) is 13.8. The van der Waals surface area contributed by atoms with E-state index in [1.165, 1.54) is 25.3 Å². The van der Waals surface area contributed by atoms with Gasteiger partial charge in [0.1, 0.15) is 11.6 Å². The summed E-state index contributed by atoms with van der Waals surface area (Å²) in [6.45, 7) is 3.27. The van der Waals surface area contributed by atoms with E-state index in [-0.39, 0.29) is 11.7 Å². The van der Waals surface area contributed by atoms with Crippen molar-refractivity contribution in [2.45, 2.75) is 19.8 Å². The summed E-state index contributed by atoms with van der Waals surface area (Å²) in [5.41, 5.74) is 1.16. The minimum Gasteiger partial charge on any atom is -0.496 e. The van der Waals surface area contributed by atoms with Gasteiger partial charge in [0, 0.05) is 19.0 Å². The Morgan fingerprint density at radius 3 is 2.83 bits per heavy atom. The molecule has 1 fully saturated rings. The lowest BCUT2D eigenvalue weighted by molar-refractivity contribution is 0.0903. The van der Waals surface area contributed by atoms with Crippen molar-refractivity contribution in [3.63, 3.8) is 0 Å². The molecule has 1 unspecified atom stereocenters. The summed E-state index contributed by atoms with van der Waals surface area (Å²) in [7, 11) is 1.49. The Morgan fingerprint density at radius 1 is 1.29 bits per heavy atom. The molecule has 6 heteroatoms. The number of hydrogen-bond donors (Lipinski definition) is 0. The van der Waals surface area contributed by atoms with Crippen LogP contribution in [0.15, 0.2) is 30.3 Å². The third-order valence-electron chi connectivity index (χ3n) is 4.33. The number of carbonyl (C=O) groups is 1. The van der Waals surface area contributed by atoms with Gasteiger partial charge in [0.2, 0.25) is 0 Å². The summed E-state index contributed by atoms with van der Waals surface area (Å²) < 4.78 is 18.8. The maximum atomic E-state index is 13.6. The van der Waals surface area contributed by atoms with Crippen LogP contribution in [0.4, 0.5) is 10.2 Å². The minimum atomic E-state index is -0.434. The van der Waals surface area contributed by atoms with Gasteiger partial charge in [0.15, 0.2) is 11.6 Å². The van der Waals surface area contributed by atoms with Crippen molar-refractivity contribution in [1.82, 2.24) is 10.2 Å². The van der Waals surface area contributed by atoms with Crippen LogP contribution in [0.5, 0.6) is 5.75 Å². The van der Waals surface area contributed by atoms with Gasteiger partial charge in [0.05, 0.1) is 18.4 Å². The third-order valence-corrected chi connectivity index (χ3v) is 4.33. The van der Waals surface area contributed by atoms with Crippen LogP contribution in [0.1, 0.15) is 28.9 Å². The normalized spacial score (nSPS) is 17.6. The zero-order valence-electron chi connectivity index (χ0n) is 13.8. The van der Waals surface area contributed by atoms with Gasteiger partial charge in [-0.3, -0.25) is 4.79 Å². The number of anilines is 1. The molecule has 1 aliphatic heterocycles. The van der Waals surface area contributed by atoms with Gasteiger partial charge >= 0.3 is 0 Å². The van der Waals surface area contributed by atoms with Crippen LogP contribution in [-0.2, 0) is 0 Å². The largest absolute Gasteiger partial charge is 0.496 e. The number of halogens is 1.